The lowest BCUT2D eigenvalue weighted by atomic mass is 9.51. The molecule has 1 aliphatic carbocycles. The molecule has 1 aromatic rings. The van der Waals surface area contributed by atoms with Crippen LogP contribution >= 0.6 is 11.6 Å². The number of nitrogens with one attached hydrogen (secondary N) is 1. The van der Waals surface area contributed by atoms with E-state index in [1.807, 2.05) is 29.2 Å². The fourth-order valence-corrected chi connectivity index (χ4v) is 4.55. The van der Waals surface area contributed by atoms with Crippen LogP contribution in [0.2, 0.25) is 5.02 Å². The smallest absolute Gasteiger partial charge is 0.209 e. The van der Waals surface area contributed by atoms with Gasteiger partial charge in [0, 0.05) is 29.2 Å². The second-order valence-electron chi connectivity index (χ2n) is 7.05. The first-order chi connectivity index (χ1) is 11.5. The Labute approximate surface area is 148 Å². The lowest BCUT2D eigenvalue weighted by Gasteiger charge is -2.64. The van der Waals surface area contributed by atoms with E-state index in [0.29, 0.717) is 0 Å². The number of carbonyl (C=O) groups is 1. The van der Waals surface area contributed by atoms with E-state index in [0.717, 1.165) is 48.6 Å². The Kier molecular flexibility index (Phi) is 4.31. The molecule has 1 aromatic carbocycles. The third-order valence-electron chi connectivity index (χ3n) is 5.26. The fraction of sp³-hybridized carbons (Fsp3) is 0.350. The summed E-state index contributed by atoms with van der Waals surface area (Å²) < 4.78 is 0. The van der Waals surface area contributed by atoms with Crippen LogP contribution in [0.25, 0.3) is 0 Å². The van der Waals surface area contributed by atoms with E-state index in [2.05, 4.69) is 31.5 Å². The van der Waals surface area contributed by atoms with Gasteiger partial charge in [-0.25, -0.2) is 0 Å². The third kappa shape index (κ3) is 2.67. The summed E-state index contributed by atoms with van der Waals surface area (Å²) in [6.07, 6.45) is 8.40. The normalized spacial score (nSPS) is 20.8. The summed E-state index contributed by atoms with van der Waals surface area (Å²) in [6, 6.07) is 6.07. The van der Waals surface area contributed by atoms with E-state index in [1.54, 1.807) is 6.08 Å². The van der Waals surface area contributed by atoms with Crippen LogP contribution in [0.4, 0.5) is 0 Å². The van der Waals surface area contributed by atoms with Gasteiger partial charge < -0.3 is 10.2 Å². The van der Waals surface area contributed by atoms with Crippen molar-refractivity contribution in [3.8, 4) is 0 Å². The van der Waals surface area contributed by atoms with Gasteiger partial charge in [-0.2, -0.15) is 0 Å². The molecule has 0 atom stereocenters. The van der Waals surface area contributed by atoms with E-state index in [1.165, 1.54) is 5.56 Å². The molecule has 4 heteroatoms. The molecule has 1 saturated heterocycles. The average Bonchev–Trinajstić information content (AvgIpc) is 2.50. The van der Waals surface area contributed by atoms with Gasteiger partial charge in [0.1, 0.15) is 0 Å². The zero-order chi connectivity index (χ0) is 17.4. The van der Waals surface area contributed by atoms with Crippen LogP contribution in [-0.2, 0) is 10.3 Å². The van der Waals surface area contributed by atoms with Gasteiger partial charge >= 0.3 is 0 Å². The highest BCUT2D eigenvalue weighted by Gasteiger charge is 2.60. The third-order valence-corrected chi connectivity index (χ3v) is 5.67. The van der Waals surface area contributed by atoms with Gasteiger partial charge in [-0.1, -0.05) is 43.0 Å². The van der Waals surface area contributed by atoms with Gasteiger partial charge in [-0.3, -0.25) is 4.79 Å². The SMILES string of the molecule is C=C/C=C(\C=C)NC1(c2cccc(Cl)c2C)CC2(CN(C=O)C2)C1. The van der Waals surface area contributed by atoms with E-state index < -0.39 is 0 Å². The lowest BCUT2D eigenvalue weighted by molar-refractivity contribution is -0.147. The molecule has 1 N–H and O–H groups in total. The Morgan fingerprint density at radius 3 is 2.62 bits per heavy atom. The second kappa shape index (κ2) is 6.14. The number of rotatable bonds is 6. The van der Waals surface area contributed by atoms with E-state index in [9.17, 15) is 4.79 Å². The Bertz CT molecular complexity index is 708. The zero-order valence-corrected chi connectivity index (χ0v) is 14.8. The molecule has 1 amide bonds. The fourth-order valence-electron chi connectivity index (χ4n) is 4.38. The van der Waals surface area contributed by atoms with Crippen LogP contribution in [0.3, 0.4) is 0 Å². The summed E-state index contributed by atoms with van der Waals surface area (Å²) in [5, 5.41) is 4.45. The van der Waals surface area contributed by atoms with Crippen LogP contribution in [-0.4, -0.2) is 24.4 Å². The molecule has 1 aliphatic heterocycles. The summed E-state index contributed by atoms with van der Waals surface area (Å²) in [5.41, 5.74) is 3.33. The van der Waals surface area contributed by atoms with Crippen molar-refractivity contribution in [3.63, 3.8) is 0 Å². The van der Waals surface area contributed by atoms with Crippen molar-refractivity contribution in [2.24, 2.45) is 5.41 Å². The number of benzene rings is 1. The predicted molar refractivity (Wildman–Crippen MR) is 98.8 cm³/mol. The molecule has 0 radical (unpaired) electrons. The van der Waals surface area contributed by atoms with Crippen molar-refractivity contribution in [1.29, 1.82) is 0 Å². The number of carbonyl (C=O) groups excluding carboxylic acids is 1. The molecule has 0 bridgehead atoms. The molecular formula is C20H23ClN2O. The van der Waals surface area contributed by atoms with Crippen molar-refractivity contribution in [3.05, 3.63) is 71.4 Å². The maximum absolute atomic E-state index is 10.9. The standard InChI is InChI=1S/C20H23ClN2O/c1-4-7-16(5-2)22-20(17-8-6-9-18(21)15(17)3)10-19(11-20)12-23(13-19)14-24/h4-9,14,22H,1-2,10-13H2,3H3/b16-7+. The summed E-state index contributed by atoms with van der Waals surface area (Å²) in [4.78, 5) is 12.7. The Morgan fingerprint density at radius 2 is 2.04 bits per heavy atom. The number of nitrogens with zero attached hydrogens (tertiary/aromatic N) is 1. The van der Waals surface area contributed by atoms with E-state index >= 15 is 0 Å². The molecule has 1 saturated carbocycles. The molecule has 0 aromatic heterocycles. The van der Waals surface area contributed by atoms with Gasteiger partial charge in [0.25, 0.3) is 0 Å². The van der Waals surface area contributed by atoms with Crippen LogP contribution in [0.5, 0.6) is 0 Å². The van der Waals surface area contributed by atoms with Crippen LogP contribution in [0, 0.1) is 12.3 Å². The highest BCUT2D eigenvalue weighted by atomic mass is 35.5. The maximum atomic E-state index is 10.9. The molecule has 3 rings (SSSR count). The van der Waals surface area contributed by atoms with Gasteiger partial charge in [-0.15, -0.1) is 0 Å². The number of hydrogen-bond acceptors (Lipinski definition) is 2. The Balaban J connectivity index is 1.93. The number of hydrogen-bond donors (Lipinski definition) is 1. The van der Waals surface area contributed by atoms with Crippen LogP contribution in [0.15, 0.2) is 55.3 Å². The van der Waals surface area contributed by atoms with Crippen molar-refractivity contribution in [1.82, 2.24) is 10.2 Å². The maximum Gasteiger partial charge on any atom is 0.209 e. The Hall–Kier alpha value is -2.00. The molecule has 24 heavy (non-hydrogen) atoms. The number of halogens is 1. The topological polar surface area (TPSA) is 32.3 Å². The summed E-state index contributed by atoms with van der Waals surface area (Å²) in [7, 11) is 0. The largest absolute Gasteiger partial charge is 0.375 e. The molecule has 0 unspecified atom stereocenters. The Morgan fingerprint density at radius 1 is 1.33 bits per heavy atom. The monoisotopic (exact) mass is 342 g/mol. The summed E-state index contributed by atoms with van der Waals surface area (Å²) in [5.74, 6) is 0. The average molecular weight is 343 g/mol. The minimum Gasteiger partial charge on any atom is -0.375 e. The van der Waals surface area contributed by atoms with Gasteiger partial charge in [0.15, 0.2) is 0 Å². The van der Waals surface area contributed by atoms with Crippen molar-refractivity contribution < 1.29 is 4.79 Å². The minimum atomic E-state index is -0.174. The first-order valence-electron chi connectivity index (χ1n) is 8.16. The minimum absolute atomic E-state index is 0.174. The van der Waals surface area contributed by atoms with E-state index in [4.69, 9.17) is 11.6 Å². The molecule has 2 aliphatic rings. The van der Waals surface area contributed by atoms with Gasteiger partial charge in [0.2, 0.25) is 6.41 Å². The highest BCUT2D eigenvalue weighted by molar-refractivity contribution is 6.31. The highest BCUT2D eigenvalue weighted by Crippen LogP contribution is 2.59. The first kappa shape index (κ1) is 16.8. The molecule has 126 valence electrons. The van der Waals surface area contributed by atoms with Crippen molar-refractivity contribution >= 4 is 18.0 Å². The zero-order valence-electron chi connectivity index (χ0n) is 14.0. The molecule has 2 fully saturated rings. The second-order valence-corrected chi connectivity index (χ2v) is 7.45. The van der Waals surface area contributed by atoms with E-state index in [-0.39, 0.29) is 11.0 Å². The van der Waals surface area contributed by atoms with Crippen molar-refractivity contribution in [2.75, 3.05) is 13.1 Å². The predicted octanol–water partition coefficient (Wildman–Crippen LogP) is 3.94. The van der Waals surface area contributed by atoms with Gasteiger partial charge in [0.05, 0.1) is 5.54 Å². The number of likely N-dealkylation sites (tertiary alicyclic amines) is 1. The number of allylic oxidation sites excluding steroid dienone is 3. The molecule has 1 heterocycles. The van der Waals surface area contributed by atoms with Crippen molar-refractivity contribution in [2.45, 2.75) is 25.3 Å². The van der Waals surface area contributed by atoms with Crippen LogP contribution in [0.1, 0.15) is 24.0 Å². The quantitative estimate of drug-likeness (QED) is 0.627. The first-order valence-corrected chi connectivity index (χ1v) is 8.54. The molecule has 1 spiro atoms. The molecule has 3 nitrogen and oxygen atoms in total. The lowest BCUT2D eigenvalue weighted by Crippen LogP contribution is -2.69. The summed E-state index contributed by atoms with van der Waals surface area (Å²) >= 11 is 6.36. The molecular weight excluding hydrogens is 320 g/mol. The van der Waals surface area contributed by atoms with Crippen LogP contribution < -0.4 is 5.32 Å². The summed E-state index contributed by atoms with van der Waals surface area (Å²) in [6.45, 7) is 11.4. The van der Waals surface area contributed by atoms with Gasteiger partial charge in [-0.05, 0) is 49.1 Å². The number of amides is 1.